The van der Waals surface area contributed by atoms with E-state index in [1.165, 1.54) is 12.1 Å². The van der Waals surface area contributed by atoms with Crippen molar-refractivity contribution in [2.45, 2.75) is 6.61 Å². The van der Waals surface area contributed by atoms with Gasteiger partial charge in [-0.2, -0.15) is 18.2 Å². The van der Waals surface area contributed by atoms with Crippen molar-refractivity contribution in [2.75, 3.05) is 0 Å². The zero-order valence-electron chi connectivity index (χ0n) is 9.34. The van der Waals surface area contributed by atoms with Crippen LogP contribution >= 0.6 is 17.0 Å². The molecule has 0 bridgehead atoms. The number of benzene rings is 2. The van der Waals surface area contributed by atoms with Gasteiger partial charge in [0.1, 0.15) is 0 Å². The molecular formula is C13H13BrFMgO+. The average Bonchev–Trinajstić information content (AvgIpc) is 2.32. The van der Waals surface area contributed by atoms with E-state index in [9.17, 15) is 4.39 Å². The van der Waals surface area contributed by atoms with E-state index >= 15 is 0 Å². The number of hydrogen-bond donors (Lipinski definition) is 1. The van der Waals surface area contributed by atoms with Gasteiger partial charge in [0, 0.05) is 5.82 Å². The predicted molar refractivity (Wildman–Crippen MR) is 73.7 cm³/mol. The molecule has 0 saturated heterocycles. The van der Waals surface area contributed by atoms with Gasteiger partial charge in [-0.05, 0) is 5.56 Å². The second-order valence-electron chi connectivity index (χ2n) is 2.87. The van der Waals surface area contributed by atoms with Gasteiger partial charge in [-0.3, -0.25) is 4.39 Å². The maximum atomic E-state index is 11.9. The first kappa shape index (κ1) is 18.9. The molecule has 0 aliphatic carbocycles. The van der Waals surface area contributed by atoms with Crippen molar-refractivity contribution in [2.24, 2.45) is 0 Å². The summed E-state index contributed by atoms with van der Waals surface area (Å²) in [5.41, 5.74) is 0.965. The van der Waals surface area contributed by atoms with Gasteiger partial charge in [-0.25, -0.2) is 0 Å². The minimum Gasteiger partial charge on any atom is -0.392 e. The third kappa shape index (κ3) is 9.29. The zero-order chi connectivity index (χ0) is 10.9. The Labute approximate surface area is 128 Å². The molecule has 0 spiro atoms. The van der Waals surface area contributed by atoms with E-state index in [0.717, 1.165) is 5.56 Å². The third-order valence-electron chi connectivity index (χ3n) is 1.69. The Morgan fingerprint density at radius 2 is 1.71 bits per heavy atom. The summed E-state index contributed by atoms with van der Waals surface area (Å²) >= 11 is 0. The molecule has 1 nitrogen and oxygen atoms in total. The van der Waals surface area contributed by atoms with Crippen LogP contribution in [0.1, 0.15) is 5.56 Å². The van der Waals surface area contributed by atoms with Crippen LogP contribution in [0.3, 0.4) is 0 Å². The first-order chi connectivity index (χ1) is 7.33. The second kappa shape index (κ2) is 12.0. The topological polar surface area (TPSA) is 20.2 Å². The van der Waals surface area contributed by atoms with E-state index in [1.54, 1.807) is 12.1 Å². The normalized spacial score (nSPS) is 7.88. The van der Waals surface area contributed by atoms with Crippen molar-refractivity contribution in [3.63, 3.8) is 0 Å². The smallest absolute Gasteiger partial charge is 0.392 e. The molecule has 0 amide bonds. The summed E-state index contributed by atoms with van der Waals surface area (Å²) in [5, 5.41) is 8.54. The molecule has 2 aromatic carbocycles. The number of rotatable bonds is 1. The number of aliphatic hydroxyl groups is 1. The molecule has 0 radical (unpaired) electrons. The molecule has 86 valence electrons. The Bertz CT molecular complexity index is 370. The van der Waals surface area contributed by atoms with Gasteiger partial charge >= 0.3 is 23.1 Å². The van der Waals surface area contributed by atoms with E-state index < -0.39 is 0 Å². The van der Waals surface area contributed by atoms with Crippen LogP contribution in [0.25, 0.3) is 0 Å². The van der Waals surface area contributed by atoms with E-state index in [-0.39, 0.29) is 52.5 Å². The van der Waals surface area contributed by atoms with Gasteiger partial charge in [0.15, 0.2) is 0 Å². The summed E-state index contributed by atoms with van der Waals surface area (Å²) in [5.74, 6) is -0.234. The quantitative estimate of drug-likeness (QED) is 0.634. The molecule has 0 aliphatic heterocycles. The van der Waals surface area contributed by atoms with Crippen molar-refractivity contribution < 1.29 is 9.50 Å². The molecule has 0 aliphatic rings. The minimum atomic E-state index is -0.234. The second-order valence-corrected chi connectivity index (χ2v) is 2.87. The molecule has 0 fully saturated rings. The monoisotopic (exact) mass is 307 g/mol. The maximum absolute atomic E-state index is 11.9. The van der Waals surface area contributed by atoms with Gasteiger partial charge in [0.25, 0.3) is 0 Å². The molecular weight excluding hydrogens is 295 g/mol. The van der Waals surface area contributed by atoms with Gasteiger partial charge in [-0.15, -0.1) is 29.1 Å². The van der Waals surface area contributed by atoms with Crippen LogP contribution in [-0.4, -0.2) is 28.2 Å². The molecule has 17 heavy (non-hydrogen) atoms. The van der Waals surface area contributed by atoms with Crippen molar-refractivity contribution in [3.8, 4) is 0 Å². The zero-order valence-corrected chi connectivity index (χ0v) is 12.5. The largest absolute Gasteiger partial charge is 2.00 e. The Balaban J connectivity index is 0. The summed E-state index contributed by atoms with van der Waals surface area (Å²) in [6, 6.07) is 18.0. The van der Waals surface area contributed by atoms with E-state index in [1.807, 2.05) is 30.3 Å². The van der Waals surface area contributed by atoms with Crippen LogP contribution in [0.4, 0.5) is 4.39 Å². The predicted octanol–water partition coefficient (Wildman–Crippen LogP) is 3.00. The summed E-state index contributed by atoms with van der Waals surface area (Å²) < 4.78 is 11.9. The molecule has 0 saturated carbocycles. The molecule has 2 aromatic rings. The molecule has 4 heteroatoms. The van der Waals surface area contributed by atoms with Crippen LogP contribution < -0.4 is 0 Å². The fourth-order valence-electron chi connectivity index (χ4n) is 0.955. The first-order valence-corrected chi connectivity index (χ1v) is 4.59. The van der Waals surface area contributed by atoms with Crippen LogP contribution in [0.15, 0.2) is 54.6 Å². The summed E-state index contributed by atoms with van der Waals surface area (Å²) in [6.45, 7) is 0.140. The fraction of sp³-hybridized carbons (Fsp3) is 0.0769. The van der Waals surface area contributed by atoms with Crippen molar-refractivity contribution in [1.82, 2.24) is 0 Å². The van der Waals surface area contributed by atoms with E-state index in [2.05, 4.69) is 6.07 Å². The number of aliphatic hydroxyl groups excluding tert-OH is 1. The van der Waals surface area contributed by atoms with E-state index in [4.69, 9.17) is 5.11 Å². The van der Waals surface area contributed by atoms with Gasteiger partial charge in [-0.1, -0.05) is 30.3 Å². The van der Waals surface area contributed by atoms with Crippen LogP contribution in [0, 0.1) is 11.9 Å². The summed E-state index contributed by atoms with van der Waals surface area (Å²) in [4.78, 5) is 0. The molecule has 1 N–H and O–H groups in total. The Hall–Kier alpha value is -0.424. The van der Waals surface area contributed by atoms with Crippen LogP contribution in [0.2, 0.25) is 0 Å². The van der Waals surface area contributed by atoms with Gasteiger partial charge in [0.2, 0.25) is 0 Å². The standard InChI is InChI=1S/C7H8O.C6H4F.BrH.Mg/c8-6-7-4-2-1-3-5-7;7-6-4-2-1-3-5-6;;/h1-5,8H,6H2;1-2,4-5H;1H;/q;-1;;+2. The molecule has 0 aromatic heterocycles. The molecule has 0 unspecified atom stereocenters. The SMILES string of the molecule is Br.Fc1c[c-]ccc1.OCc1ccccc1.[Mg+2]. The minimum absolute atomic E-state index is 0. The first-order valence-electron chi connectivity index (χ1n) is 4.59. The molecule has 0 atom stereocenters. The van der Waals surface area contributed by atoms with Gasteiger partial charge < -0.3 is 5.11 Å². The van der Waals surface area contributed by atoms with E-state index in [0.29, 0.717) is 0 Å². The van der Waals surface area contributed by atoms with Crippen LogP contribution in [0.5, 0.6) is 0 Å². The molecule has 2 rings (SSSR count). The Morgan fingerprint density at radius 3 is 2.00 bits per heavy atom. The summed E-state index contributed by atoms with van der Waals surface area (Å²) in [7, 11) is 0. The Morgan fingerprint density at radius 1 is 1.06 bits per heavy atom. The van der Waals surface area contributed by atoms with Crippen molar-refractivity contribution >= 4 is 40.0 Å². The fourth-order valence-corrected chi connectivity index (χ4v) is 0.955. The van der Waals surface area contributed by atoms with Gasteiger partial charge in [0.05, 0.1) is 6.61 Å². The third-order valence-corrected chi connectivity index (χ3v) is 1.69. The number of halogens is 2. The Kier molecular flexibility index (Phi) is 13.4. The average molecular weight is 308 g/mol. The summed E-state index contributed by atoms with van der Waals surface area (Å²) in [6.07, 6.45) is 0. The van der Waals surface area contributed by atoms with Crippen LogP contribution in [-0.2, 0) is 6.61 Å². The van der Waals surface area contributed by atoms with Crippen molar-refractivity contribution in [1.29, 1.82) is 0 Å². The van der Waals surface area contributed by atoms with Crippen molar-refractivity contribution in [3.05, 3.63) is 72.0 Å². The maximum Gasteiger partial charge on any atom is 2.00 e. The number of hydrogen-bond acceptors (Lipinski definition) is 1. The molecule has 0 heterocycles.